The van der Waals surface area contributed by atoms with Crippen LogP contribution in [0.2, 0.25) is 0 Å². The fourth-order valence-corrected chi connectivity index (χ4v) is 5.51. The van der Waals surface area contributed by atoms with E-state index in [-0.39, 0.29) is 24.5 Å². The normalized spacial score (nSPS) is 17.6. The van der Waals surface area contributed by atoms with Crippen LogP contribution in [0.1, 0.15) is 87.3 Å². The lowest BCUT2D eigenvalue weighted by atomic mass is 10.00. The van der Waals surface area contributed by atoms with Gasteiger partial charge in [-0.05, 0) is 83.1 Å². The van der Waals surface area contributed by atoms with E-state index in [2.05, 4.69) is 10.3 Å². The highest BCUT2D eigenvalue weighted by Crippen LogP contribution is 2.34. The Hall–Kier alpha value is -4.41. The maximum atomic E-state index is 14.0. The van der Waals surface area contributed by atoms with Gasteiger partial charge in [-0.1, -0.05) is 19.9 Å². The number of nitrogens with zero attached hydrogens (tertiary/aromatic N) is 4. The molecule has 11 heteroatoms. The van der Waals surface area contributed by atoms with Crippen molar-refractivity contribution in [1.82, 2.24) is 24.7 Å². The summed E-state index contributed by atoms with van der Waals surface area (Å²) in [5.41, 5.74) is 1.13. The van der Waals surface area contributed by atoms with Crippen LogP contribution in [0.4, 0.5) is 4.79 Å². The Morgan fingerprint density at radius 2 is 1.93 bits per heavy atom. The highest BCUT2D eigenvalue weighted by Gasteiger charge is 2.37. The maximum absolute atomic E-state index is 14.0. The van der Waals surface area contributed by atoms with E-state index in [1.165, 1.54) is 27.8 Å². The van der Waals surface area contributed by atoms with Gasteiger partial charge in [0.2, 0.25) is 11.8 Å². The summed E-state index contributed by atoms with van der Waals surface area (Å²) in [7, 11) is 1.34. The lowest BCUT2D eigenvalue weighted by Crippen LogP contribution is -2.55. The molecule has 0 saturated carbocycles. The number of aromatic nitrogens is 2. The van der Waals surface area contributed by atoms with Gasteiger partial charge >= 0.3 is 12.1 Å². The van der Waals surface area contributed by atoms with Gasteiger partial charge in [-0.15, -0.1) is 0 Å². The van der Waals surface area contributed by atoms with Crippen LogP contribution < -0.4 is 5.32 Å². The predicted molar refractivity (Wildman–Crippen MR) is 171 cm³/mol. The Morgan fingerprint density at radius 1 is 1.18 bits per heavy atom. The molecule has 0 radical (unpaired) electrons. The standard InChI is InChI=1S/C34H45N5O6/c1-9-44-32(42)26-12-10-13-28-25(26)15-17-38(28)24-18-23(19-35-20-24)27-14-11-16-39(27)31(41)29(21(2)3)36-30(40)22(4)37(8)33(43)45-34(5,6)7/h10,12-13,15,17-22,27,29H,9,11,14,16H2,1-8H3,(H,36,40)/t22-,27-,29-/m0/s1/i5D3. The fourth-order valence-electron chi connectivity index (χ4n) is 5.51. The van der Waals surface area contributed by atoms with Gasteiger partial charge in [0.05, 0.1) is 35.6 Å². The second-order valence-electron chi connectivity index (χ2n) is 12.2. The molecule has 0 spiro atoms. The number of pyridine rings is 1. The monoisotopic (exact) mass is 622 g/mol. The quantitative estimate of drug-likeness (QED) is 0.323. The third-order valence-electron chi connectivity index (χ3n) is 7.99. The molecule has 3 atom stereocenters. The van der Waals surface area contributed by atoms with Gasteiger partial charge in [-0.2, -0.15) is 0 Å². The highest BCUT2D eigenvalue weighted by atomic mass is 16.6. The number of hydrogen-bond donors (Lipinski definition) is 1. The van der Waals surface area contributed by atoms with Gasteiger partial charge < -0.3 is 24.3 Å². The van der Waals surface area contributed by atoms with E-state index in [0.717, 1.165) is 33.5 Å². The van der Waals surface area contributed by atoms with Crippen molar-refractivity contribution < 1.29 is 32.8 Å². The first-order chi connectivity index (χ1) is 22.5. The maximum Gasteiger partial charge on any atom is 0.410 e. The molecule has 2 aromatic heterocycles. The summed E-state index contributed by atoms with van der Waals surface area (Å²) in [4.78, 5) is 59.9. The number of amides is 3. The molecule has 0 bridgehead atoms. The summed E-state index contributed by atoms with van der Waals surface area (Å²) < 4.78 is 35.2. The Labute approximate surface area is 269 Å². The molecule has 4 rings (SSSR count). The third kappa shape index (κ3) is 7.46. The van der Waals surface area contributed by atoms with Gasteiger partial charge in [0, 0.05) is 35.5 Å². The van der Waals surface area contributed by atoms with Crippen molar-refractivity contribution in [2.45, 2.75) is 85.0 Å². The number of esters is 1. The van der Waals surface area contributed by atoms with Crippen molar-refractivity contribution in [3.63, 3.8) is 0 Å². The van der Waals surface area contributed by atoms with Crippen molar-refractivity contribution in [3.05, 3.63) is 60.0 Å². The Bertz CT molecular complexity index is 1670. The molecular formula is C34H45N5O6. The SMILES string of the molecule is [2H]C([2H])([2H])C(C)(C)OC(=O)N(C)[C@@H](C)C(=O)N[C@H](C(=O)N1CCC[C@H]1c1cncc(-n2ccc3c(C(=O)OCC)cccc32)c1)C(C)C. The van der Waals surface area contributed by atoms with E-state index in [0.29, 0.717) is 18.5 Å². The second-order valence-corrected chi connectivity index (χ2v) is 12.2. The number of carbonyl (C=O) groups excluding carboxylic acids is 4. The number of carbonyl (C=O) groups is 4. The molecule has 242 valence electrons. The number of likely N-dealkylation sites (N-methyl/N-ethyl adjacent to an activating group) is 1. The van der Waals surface area contributed by atoms with E-state index < -0.39 is 42.5 Å². The van der Waals surface area contributed by atoms with Crippen LogP contribution >= 0.6 is 0 Å². The average molecular weight is 623 g/mol. The highest BCUT2D eigenvalue weighted by molar-refractivity contribution is 6.04. The minimum Gasteiger partial charge on any atom is -0.462 e. The summed E-state index contributed by atoms with van der Waals surface area (Å²) in [6, 6.07) is 7.09. The summed E-state index contributed by atoms with van der Waals surface area (Å²) in [6.45, 7) is 7.69. The number of ether oxygens (including phenoxy) is 2. The lowest BCUT2D eigenvalue weighted by Gasteiger charge is -2.33. The van der Waals surface area contributed by atoms with Crippen LogP contribution in [0.15, 0.2) is 48.9 Å². The molecule has 1 aromatic carbocycles. The van der Waals surface area contributed by atoms with Gasteiger partial charge in [0.25, 0.3) is 0 Å². The fraction of sp³-hybridized carbons (Fsp3) is 0.500. The molecule has 1 saturated heterocycles. The zero-order valence-electron chi connectivity index (χ0n) is 30.0. The molecule has 1 aliphatic rings. The summed E-state index contributed by atoms with van der Waals surface area (Å²) in [6.07, 6.45) is 5.83. The average Bonchev–Trinajstić information content (AvgIpc) is 3.70. The number of nitrogens with one attached hydrogen (secondary N) is 1. The van der Waals surface area contributed by atoms with Crippen molar-refractivity contribution >= 4 is 34.8 Å². The van der Waals surface area contributed by atoms with Crippen LogP contribution in [-0.4, -0.2) is 81.1 Å². The van der Waals surface area contributed by atoms with E-state index >= 15 is 0 Å². The van der Waals surface area contributed by atoms with Crippen molar-refractivity contribution in [3.8, 4) is 5.69 Å². The van der Waals surface area contributed by atoms with Gasteiger partial charge in [0.1, 0.15) is 17.7 Å². The lowest BCUT2D eigenvalue weighted by molar-refractivity contribution is -0.139. The number of likely N-dealkylation sites (tertiary alicyclic amines) is 1. The van der Waals surface area contributed by atoms with Crippen LogP contribution in [0.3, 0.4) is 0 Å². The molecule has 3 heterocycles. The number of rotatable bonds is 9. The first-order valence-corrected chi connectivity index (χ1v) is 15.3. The smallest absolute Gasteiger partial charge is 0.410 e. The summed E-state index contributed by atoms with van der Waals surface area (Å²) in [5.74, 6) is -1.49. The molecule has 3 amide bonds. The van der Waals surface area contributed by atoms with Gasteiger partial charge in [-0.25, -0.2) is 9.59 Å². The predicted octanol–water partition coefficient (Wildman–Crippen LogP) is 5.26. The number of hydrogen-bond acceptors (Lipinski definition) is 7. The summed E-state index contributed by atoms with van der Waals surface area (Å²) in [5, 5.41) is 3.58. The topological polar surface area (TPSA) is 123 Å². The van der Waals surface area contributed by atoms with Crippen LogP contribution in [0, 0.1) is 5.92 Å². The summed E-state index contributed by atoms with van der Waals surface area (Å²) >= 11 is 0. The molecule has 45 heavy (non-hydrogen) atoms. The zero-order chi connectivity index (χ0) is 35.6. The Kier molecular flexibility index (Phi) is 8.93. The van der Waals surface area contributed by atoms with Crippen LogP contribution in [0.5, 0.6) is 0 Å². The van der Waals surface area contributed by atoms with E-state index in [1.807, 2.05) is 42.8 Å². The van der Waals surface area contributed by atoms with E-state index in [1.54, 1.807) is 36.4 Å². The Morgan fingerprint density at radius 3 is 2.62 bits per heavy atom. The van der Waals surface area contributed by atoms with Crippen molar-refractivity contribution in [1.29, 1.82) is 0 Å². The second kappa shape index (κ2) is 13.7. The molecule has 3 aromatic rings. The Balaban J connectivity index is 1.52. The van der Waals surface area contributed by atoms with E-state index in [4.69, 9.17) is 13.6 Å². The largest absolute Gasteiger partial charge is 0.462 e. The molecule has 0 unspecified atom stereocenters. The molecular weight excluding hydrogens is 574 g/mol. The molecule has 1 aliphatic heterocycles. The van der Waals surface area contributed by atoms with E-state index in [9.17, 15) is 19.2 Å². The van der Waals surface area contributed by atoms with Gasteiger partial charge in [-0.3, -0.25) is 19.5 Å². The van der Waals surface area contributed by atoms with Crippen molar-refractivity contribution in [2.24, 2.45) is 5.92 Å². The minimum absolute atomic E-state index is 0.252. The first kappa shape index (κ1) is 29.3. The minimum atomic E-state index is -2.56. The molecule has 11 nitrogen and oxygen atoms in total. The van der Waals surface area contributed by atoms with Gasteiger partial charge in [0.15, 0.2) is 0 Å². The first-order valence-electron chi connectivity index (χ1n) is 16.8. The van der Waals surface area contributed by atoms with Crippen molar-refractivity contribution in [2.75, 3.05) is 20.2 Å². The van der Waals surface area contributed by atoms with Crippen LogP contribution in [-0.2, 0) is 19.1 Å². The molecule has 1 fully saturated rings. The van der Waals surface area contributed by atoms with Crippen LogP contribution in [0.25, 0.3) is 16.6 Å². The number of benzene rings is 1. The molecule has 1 N–H and O–H groups in total. The third-order valence-corrected chi connectivity index (χ3v) is 7.99. The number of fused-ring (bicyclic) bond motifs is 1. The zero-order valence-corrected chi connectivity index (χ0v) is 27.0. The molecule has 0 aliphatic carbocycles.